The van der Waals surface area contributed by atoms with E-state index in [1.165, 1.54) is 19.9 Å². The number of carbonyl (C=O) groups excluding carboxylic acids is 1. The first-order valence-electron chi connectivity index (χ1n) is 5.78. The number of nitrogens with zero attached hydrogens (tertiary/aromatic N) is 1. The first-order valence-corrected chi connectivity index (χ1v) is 6.16. The zero-order valence-electron chi connectivity index (χ0n) is 11.3. The second-order valence-corrected chi connectivity index (χ2v) is 4.70. The molecule has 0 saturated carbocycles. The van der Waals surface area contributed by atoms with Gasteiger partial charge in [0.2, 0.25) is 0 Å². The molecule has 0 atom stereocenters. The lowest BCUT2D eigenvalue weighted by Crippen LogP contribution is -2.09. The molecule has 4 nitrogen and oxygen atoms in total. The summed E-state index contributed by atoms with van der Waals surface area (Å²) in [6.07, 6.45) is -0.0849. The van der Waals surface area contributed by atoms with Gasteiger partial charge in [-0.25, -0.2) is 4.39 Å². The molecule has 1 N–H and O–H groups in total. The Bertz CT molecular complexity index is 516. The summed E-state index contributed by atoms with van der Waals surface area (Å²) in [5.74, 6) is -0.405. The van der Waals surface area contributed by atoms with Gasteiger partial charge >= 0.3 is 0 Å². The van der Waals surface area contributed by atoms with E-state index < -0.39 is 5.82 Å². The minimum absolute atomic E-state index is 0.0849. The minimum Gasteiger partial charge on any atom is -0.489 e. The maximum Gasteiger partial charge on any atom is 0.175 e. The largest absolute Gasteiger partial charge is 0.489 e. The second-order valence-electron chi connectivity index (χ2n) is 4.29. The Kier molecular flexibility index (Phi) is 5.30. The first kappa shape index (κ1) is 15.4. The van der Waals surface area contributed by atoms with Gasteiger partial charge in [0.15, 0.2) is 5.78 Å². The van der Waals surface area contributed by atoms with Crippen LogP contribution >= 0.6 is 11.6 Å². The van der Waals surface area contributed by atoms with Gasteiger partial charge in [-0.1, -0.05) is 11.6 Å². The normalized spacial score (nSPS) is 11.6. The molecule has 1 rings (SSSR count). The highest BCUT2D eigenvalue weighted by Crippen LogP contribution is 2.31. The highest BCUT2D eigenvalue weighted by atomic mass is 35.5. The van der Waals surface area contributed by atoms with Crippen molar-refractivity contribution >= 4 is 28.8 Å². The lowest BCUT2D eigenvalue weighted by molar-refractivity contribution is -0.111. The van der Waals surface area contributed by atoms with Gasteiger partial charge < -0.3 is 4.74 Å². The molecule has 6 heteroatoms. The van der Waals surface area contributed by atoms with Crippen molar-refractivity contribution in [2.45, 2.75) is 33.8 Å². The number of carbonyl (C=O) groups is 1. The molecule has 104 valence electrons. The molecule has 0 aliphatic heterocycles. The van der Waals surface area contributed by atoms with Crippen LogP contribution in [0.3, 0.4) is 0 Å². The van der Waals surface area contributed by atoms with Crippen LogP contribution in [-0.4, -0.2) is 17.6 Å². The topological polar surface area (TPSA) is 50.7 Å². The molecule has 1 aromatic carbocycles. The maximum atomic E-state index is 13.7. The van der Waals surface area contributed by atoms with Crippen molar-refractivity contribution < 1.29 is 13.9 Å². The van der Waals surface area contributed by atoms with Crippen molar-refractivity contribution in [3.63, 3.8) is 0 Å². The van der Waals surface area contributed by atoms with Crippen molar-refractivity contribution in [2.75, 3.05) is 5.43 Å². The maximum absolute atomic E-state index is 13.7. The lowest BCUT2D eigenvalue weighted by Gasteiger charge is -2.13. The van der Waals surface area contributed by atoms with Crippen LogP contribution in [0.15, 0.2) is 17.2 Å². The Balaban J connectivity index is 3.01. The molecule has 0 radical (unpaired) electrons. The summed E-state index contributed by atoms with van der Waals surface area (Å²) < 4.78 is 19.1. The summed E-state index contributed by atoms with van der Waals surface area (Å²) in [7, 11) is 0. The highest BCUT2D eigenvalue weighted by molar-refractivity contribution is 6.38. The molecule has 0 aliphatic carbocycles. The molecule has 0 amide bonds. The summed E-state index contributed by atoms with van der Waals surface area (Å²) in [6.45, 7) is 6.59. The molecule has 0 aliphatic rings. The van der Waals surface area contributed by atoms with Crippen LogP contribution in [0.5, 0.6) is 5.75 Å². The summed E-state index contributed by atoms with van der Waals surface area (Å²) in [5, 5.41) is 3.97. The smallest absolute Gasteiger partial charge is 0.175 e. The molecule has 0 spiro atoms. The van der Waals surface area contributed by atoms with Crippen molar-refractivity contribution in [1.29, 1.82) is 0 Å². The molecule has 0 heterocycles. The van der Waals surface area contributed by atoms with Gasteiger partial charge in [-0.05, 0) is 26.8 Å². The van der Waals surface area contributed by atoms with Gasteiger partial charge in [-0.3, -0.25) is 10.2 Å². The zero-order chi connectivity index (χ0) is 14.6. The molecular weight excluding hydrogens is 271 g/mol. The van der Waals surface area contributed by atoms with Gasteiger partial charge in [-0.2, -0.15) is 5.10 Å². The number of hydrazone groups is 1. The van der Waals surface area contributed by atoms with Crippen LogP contribution in [0, 0.1) is 5.82 Å². The molecule has 0 unspecified atom stereocenters. The fourth-order valence-corrected chi connectivity index (χ4v) is 1.38. The number of ketones is 1. The monoisotopic (exact) mass is 286 g/mol. The Morgan fingerprint density at radius 1 is 1.42 bits per heavy atom. The lowest BCUT2D eigenvalue weighted by atomic mass is 10.3. The highest BCUT2D eigenvalue weighted by Gasteiger charge is 2.11. The standard InChI is InChI=1S/C13H16ClFN2O2/c1-7(2)19-13-6-12(11(15)5-10(13)14)17-16-8(3)9(4)18/h5-7,17H,1-4H3/b16-8+. The number of ether oxygens (including phenoxy) is 1. The van der Waals surface area contributed by atoms with E-state index in [1.54, 1.807) is 0 Å². The third kappa shape index (κ3) is 4.52. The quantitative estimate of drug-likeness (QED) is 0.664. The Hall–Kier alpha value is -1.62. The summed E-state index contributed by atoms with van der Waals surface area (Å²) in [4.78, 5) is 11.0. The van der Waals surface area contributed by atoms with E-state index in [-0.39, 0.29) is 28.3 Å². The second kappa shape index (κ2) is 6.52. The van der Waals surface area contributed by atoms with Crippen molar-refractivity contribution in [3.05, 3.63) is 23.0 Å². The molecule has 1 aromatic rings. The van der Waals surface area contributed by atoms with Crippen molar-refractivity contribution in [1.82, 2.24) is 0 Å². The molecule has 0 bridgehead atoms. The Labute approximate surface area is 116 Å². The number of anilines is 1. The number of hydrogen-bond donors (Lipinski definition) is 1. The predicted molar refractivity (Wildman–Crippen MR) is 74.6 cm³/mol. The predicted octanol–water partition coefficient (Wildman–Crippen LogP) is 3.64. The Morgan fingerprint density at radius 2 is 2.05 bits per heavy atom. The van der Waals surface area contributed by atoms with E-state index in [2.05, 4.69) is 10.5 Å². The fraction of sp³-hybridized carbons (Fsp3) is 0.385. The number of halogens is 2. The van der Waals surface area contributed by atoms with Gasteiger partial charge in [0.1, 0.15) is 17.3 Å². The van der Waals surface area contributed by atoms with Gasteiger partial charge in [0.05, 0.1) is 16.8 Å². The van der Waals surface area contributed by atoms with E-state index in [0.29, 0.717) is 5.75 Å². The average Bonchev–Trinajstić information content (AvgIpc) is 2.30. The third-order valence-corrected chi connectivity index (χ3v) is 2.53. The number of hydrogen-bond acceptors (Lipinski definition) is 4. The molecule has 0 aromatic heterocycles. The van der Waals surface area contributed by atoms with Crippen LogP contribution < -0.4 is 10.2 Å². The van der Waals surface area contributed by atoms with Crippen LogP contribution in [0.1, 0.15) is 27.7 Å². The number of nitrogens with one attached hydrogen (secondary N) is 1. The molecule has 0 saturated heterocycles. The average molecular weight is 287 g/mol. The number of Topliss-reactive ketones (excluding diaryl/α,β-unsaturated/α-hetero) is 1. The third-order valence-electron chi connectivity index (χ3n) is 2.24. The van der Waals surface area contributed by atoms with Crippen molar-refractivity contribution in [3.8, 4) is 5.75 Å². The van der Waals surface area contributed by atoms with Gasteiger partial charge in [-0.15, -0.1) is 0 Å². The van der Waals surface area contributed by atoms with E-state index in [0.717, 1.165) is 6.07 Å². The SMILES string of the molecule is CC(=O)/C(C)=N/Nc1cc(OC(C)C)c(Cl)cc1F. The Morgan fingerprint density at radius 3 is 2.58 bits per heavy atom. The van der Waals surface area contributed by atoms with E-state index in [4.69, 9.17) is 16.3 Å². The summed E-state index contributed by atoms with van der Waals surface area (Å²) in [5.41, 5.74) is 2.84. The first-order chi connectivity index (χ1) is 8.81. The van der Waals surface area contributed by atoms with Crippen molar-refractivity contribution in [2.24, 2.45) is 5.10 Å². The molecule has 0 fully saturated rings. The summed E-state index contributed by atoms with van der Waals surface area (Å²) in [6, 6.07) is 2.55. The minimum atomic E-state index is -0.568. The fourth-order valence-electron chi connectivity index (χ4n) is 1.18. The van der Waals surface area contributed by atoms with E-state index in [1.807, 2.05) is 13.8 Å². The van der Waals surface area contributed by atoms with E-state index >= 15 is 0 Å². The number of rotatable bonds is 5. The zero-order valence-corrected chi connectivity index (χ0v) is 12.0. The van der Waals surface area contributed by atoms with Gasteiger partial charge in [0, 0.05) is 13.0 Å². The van der Waals surface area contributed by atoms with E-state index in [9.17, 15) is 9.18 Å². The van der Waals surface area contributed by atoms with Gasteiger partial charge in [0.25, 0.3) is 0 Å². The van der Waals surface area contributed by atoms with Crippen LogP contribution in [0.4, 0.5) is 10.1 Å². The number of benzene rings is 1. The van der Waals surface area contributed by atoms with Crippen LogP contribution in [0.2, 0.25) is 5.02 Å². The van der Waals surface area contributed by atoms with Crippen LogP contribution in [0.25, 0.3) is 0 Å². The molecule has 19 heavy (non-hydrogen) atoms. The molecular formula is C13H16ClFN2O2. The van der Waals surface area contributed by atoms with Crippen LogP contribution in [-0.2, 0) is 4.79 Å². The summed E-state index contributed by atoms with van der Waals surface area (Å²) >= 11 is 5.88.